The van der Waals surface area contributed by atoms with E-state index in [9.17, 15) is 18.0 Å². The second-order valence-corrected chi connectivity index (χ2v) is 8.40. The van der Waals surface area contributed by atoms with Gasteiger partial charge in [-0.25, -0.2) is 4.79 Å². The van der Waals surface area contributed by atoms with Gasteiger partial charge in [0.1, 0.15) is 19.0 Å². The van der Waals surface area contributed by atoms with Crippen molar-refractivity contribution in [3.63, 3.8) is 0 Å². The van der Waals surface area contributed by atoms with Crippen LogP contribution in [0.3, 0.4) is 0 Å². The first-order valence-electron chi connectivity index (χ1n) is 11.4. The number of carboxylic acids is 1. The fraction of sp³-hybridized carbons (Fsp3) is 0.440. The van der Waals surface area contributed by atoms with E-state index in [-0.39, 0.29) is 11.3 Å². The highest BCUT2D eigenvalue weighted by Gasteiger charge is 2.38. The molecule has 11 heteroatoms. The summed E-state index contributed by atoms with van der Waals surface area (Å²) >= 11 is 0. The van der Waals surface area contributed by atoms with Crippen molar-refractivity contribution in [2.24, 2.45) is 11.1 Å². The Morgan fingerprint density at radius 1 is 1.06 bits per heavy atom. The zero-order valence-electron chi connectivity index (χ0n) is 20.2. The molecule has 1 unspecified atom stereocenters. The van der Waals surface area contributed by atoms with E-state index >= 15 is 0 Å². The number of likely N-dealkylation sites (tertiary alicyclic amines) is 1. The number of carbonyl (C=O) groups is 2. The zero-order chi connectivity index (χ0) is 26.8. The van der Waals surface area contributed by atoms with Gasteiger partial charge in [-0.1, -0.05) is 25.1 Å². The number of amides is 1. The molecular formula is C25H31F3N2O6. The summed E-state index contributed by atoms with van der Waals surface area (Å²) < 4.78 is 48.9. The monoisotopic (exact) mass is 512 g/mol. The van der Waals surface area contributed by atoms with Crippen molar-refractivity contribution in [1.29, 1.82) is 0 Å². The first-order chi connectivity index (χ1) is 17.0. The van der Waals surface area contributed by atoms with Crippen molar-refractivity contribution in [2.75, 3.05) is 39.5 Å². The molecular weight excluding hydrogens is 481 g/mol. The van der Waals surface area contributed by atoms with Crippen molar-refractivity contribution < 1.29 is 42.1 Å². The molecule has 2 aromatic rings. The predicted molar refractivity (Wildman–Crippen MR) is 126 cm³/mol. The van der Waals surface area contributed by atoms with E-state index in [4.69, 9.17) is 29.8 Å². The van der Waals surface area contributed by atoms with Gasteiger partial charge in [-0.05, 0) is 55.6 Å². The van der Waals surface area contributed by atoms with Gasteiger partial charge >= 0.3 is 12.1 Å². The fourth-order valence-corrected chi connectivity index (χ4v) is 3.40. The number of carboxylic acid groups (broad SMARTS) is 1. The molecule has 1 aliphatic heterocycles. The van der Waals surface area contributed by atoms with Crippen LogP contribution in [-0.4, -0.2) is 67.5 Å². The van der Waals surface area contributed by atoms with Crippen molar-refractivity contribution in [3.05, 3.63) is 54.1 Å². The van der Waals surface area contributed by atoms with Crippen molar-refractivity contribution in [1.82, 2.24) is 4.90 Å². The van der Waals surface area contributed by atoms with Gasteiger partial charge in [-0.3, -0.25) is 4.79 Å². The molecule has 2 aromatic carbocycles. The molecule has 0 spiro atoms. The number of para-hydroxylation sites is 1. The van der Waals surface area contributed by atoms with Gasteiger partial charge in [0, 0.05) is 18.7 Å². The van der Waals surface area contributed by atoms with Crippen LogP contribution in [0.1, 0.15) is 30.6 Å². The summed E-state index contributed by atoms with van der Waals surface area (Å²) in [5.41, 5.74) is 6.46. The van der Waals surface area contributed by atoms with Gasteiger partial charge in [0.05, 0.1) is 6.61 Å². The van der Waals surface area contributed by atoms with Crippen LogP contribution in [0.15, 0.2) is 48.5 Å². The lowest BCUT2D eigenvalue weighted by molar-refractivity contribution is -0.192. The molecule has 0 radical (unpaired) electrons. The predicted octanol–water partition coefficient (Wildman–Crippen LogP) is 3.99. The Hall–Kier alpha value is -3.47. The molecule has 8 nitrogen and oxygen atoms in total. The zero-order valence-corrected chi connectivity index (χ0v) is 20.2. The highest BCUT2D eigenvalue weighted by Crippen LogP contribution is 2.32. The molecule has 0 saturated carbocycles. The Kier molecular flexibility index (Phi) is 10.4. The van der Waals surface area contributed by atoms with E-state index < -0.39 is 12.1 Å². The molecule has 1 amide bonds. The molecule has 0 bridgehead atoms. The Morgan fingerprint density at radius 3 is 2.25 bits per heavy atom. The highest BCUT2D eigenvalue weighted by molar-refractivity contribution is 5.95. The standard InChI is InChI=1S/C23H30N2O4.C2HF3O2/c1-3-27-21-15-18(22(26)25-12-11-23(2,16-24)17-25)9-10-20(21)29-14-13-28-19-7-5-4-6-8-19;3-2(4,5)1(6)7/h4-10,15H,3,11-14,16-17,24H2,1-2H3;(H,6,7). The average molecular weight is 513 g/mol. The normalized spacial score (nSPS) is 17.1. The summed E-state index contributed by atoms with van der Waals surface area (Å²) in [4.78, 5) is 23.7. The second kappa shape index (κ2) is 13.0. The highest BCUT2D eigenvalue weighted by atomic mass is 19.4. The summed E-state index contributed by atoms with van der Waals surface area (Å²) in [7, 11) is 0. The summed E-state index contributed by atoms with van der Waals surface area (Å²) in [5, 5.41) is 7.12. The molecule has 0 aromatic heterocycles. The van der Waals surface area contributed by atoms with Crippen LogP contribution in [0.2, 0.25) is 0 Å². The Balaban J connectivity index is 0.000000572. The van der Waals surface area contributed by atoms with Crippen molar-refractivity contribution in [2.45, 2.75) is 26.4 Å². The first kappa shape index (κ1) is 28.8. The molecule has 1 atom stereocenters. The number of alkyl halides is 3. The SMILES string of the molecule is CCOc1cc(C(=O)N2CCC(C)(CN)C2)ccc1OCCOc1ccccc1.O=C(O)C(F)(F)F. The van der Waals surface area contributed by atoms with Gasteiger partial charge in [0.25, 0.3) is 5.91 Å². The van der Waals surface area contributed by atoms with Crippen LogP contribution < -0.4 is 19.9 Å². The molecule has 1 aliphatic rings. The molecule has 1 fully saturated rings. The molecule has 1 saturated heterocycles. The Labute approximate surface area is 207 Å². The minimum atomic E-state index is -5.08. The minimum absolute atomic E-state index is 0.000212. The maximum Gasteiger partial charge on any atom is 0.490 e. The van der Waals surface area contributed by atoms with E-state index in [1.165, 1.54) is 0 Å². The van der Waals surface area contributed by atoms with Gasteiger partial charge in [-0.2, -0.15) is 13.2 Å². The number of nitrogens with two attached hydrogens (primary N) is 1. The number of hydrogen-bond acceptors (Lipinski definition) is 6. The topological polar surface area (TPSA) is 111 Å². The lowest BCUT2D eigenvalue weighted by atomic mass is 9.90. The smallest absolute Gasteiger partial charge is 0.490 e. The largest absolute Gasteiger partial charge is 0.490 e. The molecule has 0 aliphatic carbocycles. The number of nitrogens with zero attached hydrogens (tertiary/aromatic N) is 1. The Morgan fingerprint density at radius 2 is 1.69 bits per heavy atom. The second-order valence-electron chi connectivity index (χ2n) is 8.40. The van der Waals surface area contributed by atoms with E-state index in [0.717, 1.165) is 18.7 Å². The lowest BCUT2D eigenvalue weighted by Crippen LogP contribution is -2.34. The van der Waals surface area contributed by atoms with E-state index in [2.05, 4.69) is 6.92 Å². The fourth-order valence-electron chi connectivity index (χ4n) is 3.40. The molecule has 3 N–H and O–H groups in total. The summed E-state index contributed by atoms with van der Waals surface area (Å²) in [6, 6.07) is 14.9. The van der Waals surface area contributed by atoms with Crippen LogP contribution in [0.5, 0.6) is 17.2 Å². The number of halogens is 3. The molecule has 198 valence electrons. The van der Waals surface area contributed by atoms with Crippen LogP contribution in [0, 0.1) is 5.41 Å². The van der Waals surface area contributed by atoms with Gasteiger partial charge in [0.15, 0.2) is 11.5 Å². The van der Waals surface area contributed by atoms with E-state index in [1.54, 1.807) is 18.2 Å². The Bertz CT molecular complexity index is 1000. The number of carbonyl (C=O) groups excluding carboxylic acids is 1. The van der Waals surface area contributed by atoms with Crippen molar-refractivity contribution in [3.8, 4) is 17.2 Å². The number of ether oxygens (including phenoxy) is 3. The number of aliphatic carboxylic acids is 1. The lowest BCUT2D eigenvalue weighted by Gasteiger charge is -2.23. The molecule has 36 heavy (non-hydrogen) atoms. The first-order valence-corrected chi connectivity index (χ1v) is 11.4. The number of rotatable bonds is 9. The summed E-state index contributed by atoms with van der Waals surface area (Å²) in [5.74, 6) is -0.779. The summed E-state index contributed by atoms with van der Waals surface area (Å²) in [6.45, 7) is 7.31. The van der Waals surface area contributed by atoms with E-state index in [0.29, 0.717) is 50.0 Å². The van der Waals surface area contributed by atoms with E-state index in [1.807, 2.05) is 42.2 Å². The average Bonchev–Trinajstić information content (AvgIpc) is 3.25. The molecule has 1 heterocycles. The number of hydrogen-bond donors (Lipinski definition) is 2. The third kappa shape index (κ3) is 8.63. The third-order valence-electron chi connectivity index (χ3n) is 5.42. The maximum atomic E-state index is 12.9. The maximum absolute atomic E-state index is 12.9. The van der Waals surface area contributed by atoms with Crippen LogP contribution in [-0.2, 0) is 4.79 Å². The minimum Gasteiger partial charge on any atom is -0.490 e. The van der Waals surface area contributed by atoms with Crippen molar-refractivity contribution >= 4 is 11.9 Å². The third-order valence-corrected chi connectivity index (χ3v) is 5.42. The summed E-state index contributed by atoms with van der Waals surface area (Å²) in [6.07, 6.45) is -4.16. The van der Waals surface area contributed by atoms with Gasteiger partial charge in [0.2, 0.25) is 0 Å². The van der Waals surface area contributed by atoms with Crippen LogP contribution in [0.4, 0.5) is 13.2 Å². The molecule has 3 rings (SSSR count). The van der Waals surface area contributed by atoms with Crippen LogP contribution in [0.25, 0.3) is 0 Å². The quantitative estimate of drug-likeness (QED) is 0.489. The van der Waals surface area contributed by atoms with Gasteiger partial charge < -0.3 is 30.0 Å². The number of benzene rings is 2. The van der Waals surface area contributed by atoms with Crippen LogP contribution >= 0.6 is 0 Å². The van der Waals surface area contributed by atoms with Gasteiger partial charge in [-0.15, -0.1) is 0 Å².